The number of aromatic amines is 1. The second-order valence-electron chi connectivity index (χ2n) is 1.85. The summed E-state index contributed by atoms with van der Waals surface area (Å²) in [6.45, 7) is 1.64. The normalized spacial score (nSPS) is 9.44. The summed E-state index contributed by atoms with van der Waals surface area (Å²) in [4.78, 5) is 13.3. The highest BCUT2D eigenvalue weighted by atomic mass is 16.3. The number of hydrogen-bond acceptors (Lipinski definition) is 2. The molecule has 0 saturated heterocycles. The number of aryl methyl sites for hydroxylation is 1. The molecule has 48 valence electrons. The zero-order valence-electron chi connectivity index (χ0n) is 5.01. The Hall–Kier alpha value is -1.25. The Labute approximate surface area is 52.0 Å². The number of rotatable bonds is 0. The molecule has 0 saturated carbocycles. The number of pyridine rings is 1. The predicted octanol–water partition coefficient (Wildman–Crippen LogP) is 0.389. The Kier molecular flexibility index (Phi) is 1.26. The second kappa shape index (κ2) is 1.93. The highest BCUT2D eigenvalue weighted by Crippen LogP contribution is 1.96. The summed E-state index contributed by atoms with van der Waals surface area (Å²) in [5.41, 5.74) is 0.212. The molecular formula is C6H7NO2. The zero-order chi connectivity index (χ0) is 6.85. The van der Waals surface area contributed by atoms with Crippen molar-refractivity contribution in [2.75, 3.05) is 0 Å². The highest BCUT2D eigenvalue weighted by molar-refractivity contribution is 5.20. The molecule has 2 N–H and O–H groups in total. The Bertz CT molecular complexity index is 241. The van der Waals surface area contributed by atoms with Crippen molar-refractivity contribution in [2.24, 2.45) is 0 Å². The van der Waals surface area contributed by atoms with Gasteiger partial charge in [0.1, 0.15) is 0 Å². The van der Waals surface area contributed by atoms with E-state index in [2.05, 4.69) is 4.98 Å². The Morgan fingerprint density at radius 3 is 2.67 bits per heavy atom. The SMILES string of the molecule is Cc1c[nH]cc(O)c1=O. The molecule has 0 unspecified atom stereocenters. The van der Waals surface area contributed by atoms with Crippen molar-refractivity contribution in [2.45, 2.75) is 6.92 Å². The maximum atomic E-state index is 10.7. The molecule has 0 aliphatic rings. The highest BCUT2D eigenvalue weighted by Gasteiger charge is 1.95. The van der Waals surface area contributed by atoms with E-state index in [4.69, 9.17) is 5.11 Å². The maximum absolute atomic E-state index is 10.7. The first-order valence-corrected chi connectivity index (χ1v) is 2.58. The van der Waals surface area contributed by atoms with Crippen LogP contribution in [0.1, 0.15) is 5.56 Å². The van der Waals surface area contributed by atoms with Crippen molar-refractivity contribution in [1.29, 1.82) is 0 Å². The van der Waals surface area contributed by atoms with Crippen LogP contribution in [0.3, 0.4) is 0 Å². The van der Waals surface area contributed by atoms with Gasteiger partial charge in [-0.1, -0.05) is 0 Å². The number of hydrogen-bond donors (Lipinski definition) is 2. The first-order valence-electron chi connectivity index (χ1n) is 2.58. The Morgan fingerprint density at radius 2 is 2.22 bits per heavy atom. The summed E-state index contributed by atoms with van der Waals surface area (Å²) in [6.07, 6.45) is 2.80. The van der Waals surface area contributed by atoms with Crippen molar-refractivity contribution in [3.05, 3.63) is 28.2 Å². The van der Waals surface area contributed by atoms with Gasteiger partial charge in [-0.15, -0.1) is 0 Å². The van der Waals surface area contributed by atoms with Crippen molar-refractivity contribution in [3.63, 3.8) is 0 Å². The summed E-state index contributed by atoms with van der Waals surface area (Å²) in [5.74, 6) is -0.227. The van der Waals surface area contributed by atoms with Gasteiger partial charge in [-0.25, -0.2) is 0 Å². The van der Waals surface area contributed by atoms with Gasteiger partial charge in [0.05, 0.1) is 0 Å². The van der Waals surface area contributed by atoms with Crippen LogP contribution in [0, 0.1) is 6.92 Å². The lowest BCUT2D eigenvalue weighted by atomic mass is 10.3. The van der Waals surface area contributed by atoms with Gasteiger partial charge < -0.3 is 10.1 Å². The topological polar surface area (TPSA) is 53.1 Å². The fourth-order valence-electron chi connectivity index (χ4n) is 0.579. The van der Waals surface area contributed by atoms with E-state index in [-0.39, 0.29) is 11.2 Å². The van der Waals surface area contributed by atoms with Gasteiger partial charge in [0.15, 0.2) is 5.75 Å². The third-order valence-corrected chi connectivity index (χ3v) is 1.11. The van der Waals surface area contributed by atoms with Gasteiger partial charge in [-0.2, -0.15) is 0 Å². The Balaban J connectivity index is 3.43. The van der Waals surface area contributed by atoms with E-state index in [9.17, 15) is 4.79 Å². The van der Waals surface area contributed by atoms with E-state index in [0.29, 0.717) is 5.56 Å². The average Bonchev–Trinajstić information content (AvgIpc) is 1.83. The van der Waals surface area contributed by atoms with Crippen molar-refractivity contribution in [3.8, 4) is 5.75 Å². The summed E-state index contributed by atoms with van der Waals surface area (Å²) in [5, 5.41) is 8.76. The van der Waals surface area contributed by atoms with Crippen molar-refractivity contribution in [1.82, 2.24) is 4.98 Å². The molecular weight excluding hydrogens is 118 g/mol. The van der Waals surface area contributed by atoms with Crippen molar-refractivity contribution < 1.29 is 5.11 Å². The van der Waals surface area contributed by atoms with E-state index in [1.54, 1.807) is 13.1 Å². The molecule has 1 aromatic rings. The number of H-pyrrole nitrogens is 1. The minimum atomic E-state index is -0.311. The lowest BCUT2D eigenvalue weighted by Gasteiger charge is -1.90. The molecule has 0 bridgehead atoms. The summed E-state index contributed by atoms with van der Waals surface area (Å²) >= 11 is 0. The average molecular weight is 125 g/mol. The van der Waals surface area contributed by atoms with E-state index >= 15 is 0 Å². The van der Waals surface area contributed by atoms with Crippen LogP contribution in [0.4, 0.5) is 0 Å². The maximum Gasteiger partial charge on any atom is 0.225 e. The van der Waals surface area contributed by atoms with Gasteiger partial charge in [0, 0.05) is 18.0 Å². The largest absolute Gasteiger partial charge is 0.503 e. The third kappa shape index (κ3) is 0.937. The van der Waals surface area contributed by atoms with E-state index < -0.39 is 0 Å². The summed E-state index contributed by atoms with van der Waals surface area (Å²) in [6, 6.07) is 0. The van der Waals surface area contributed by atoms with Gasteiger partial charge in [-0.05, 0) is 6.92 Å². The van der Waals surface area contributed by atoms with Gasteiger partial charge in [-0.3, -0.25) is 4.79 Å². The molecule has 9 heavy (non-hydrogen) atoms. The molecule has 0 spiro atoms. The van der Waals surface area contributed by atoms with Crippen LogP contribution in [0.5, 0.6) is 5.75 Å². The van der Waals surface area contributed by atoms with Crippen LogP contribution in [-0.4, -0.2) is 10.1 Å². The molecule has 3 nitrogen and oxygen atoms in total. The predicted molar refractivity (Wildman–Crippen MR) is 33.5 cm³/mol. The van der Waals surface area contributed by atoms with E-state index in [1.165, 1.54) is 6.20 Å². The first-order chi connectivity index (χ1) is 4.22. The second-order valence-corrected chi connectivity index (χ2v) is 1.85. The molecule has 0 amide bonds. The third-order valence-electron chi connectivity index (χ3n) is 1.11. The molecule has 1 rings (SSSR count). The van der Waals surface area contributed by atoms with Crippen LogP contribution in [0.2, 0.25) is 0 Å². The number of aromatic nitrogens is 1. The van der Waals surface area contributed by atoms with Gasteiger partial charge in [0.25, 0.3) is 0 Å². The summed E-state index contributed by atoms with van der Waals surface area (Å²) in [7, 11) is 0. The zero-order valence-corrected chi connectivity index (χ0v) is 5.01. The molecule has 0 aliphatic heterocycles. The summed E-state index contributed by atoms with van der Waals surface area (Å²) < 4.78 is 0. The molecule has 1 aromatic heterocycles. The first kappa shape index (κ1) is 5.88. The van der Waals surface area contributed by atoms with Crippen LogP contribution in [0.15, 0.2) is 17.2 Å². The minimum absolute atomic E-state index is 0.227. The van der Waals surface area contributed by atoms with Crippen molar-refractivity contribution >= 4 is 0 Å². The van der Waals surface area contributed by atoms with Crippen LogP contribution in [0.25, 0.3) is 0 Å². The number of aromatic hydroxyl groups is 1. The van der Waals surface area contributed by atoms with Crippen LogP contribution in [-0.2, 0) is 0 Å². The fraction of sp³-hybridized carbons (Fsp3) is 0.167. The van der Waals surface area contributed by atoms with E-state index in [0.717, 1.165) is 0 Å². The molecule has 0 aliphatic carbocycles. The van der Waals surface area contributed by atoms with Gasteiger partial charge in [0.2, 0.25) is 5.43 Å². The minimum Gasteiger partial charge on any atom is -0.503 e. The fourth-order valence-corrected chi connectivity index (χ4v) is 0.579. The van der Waals surface area contributed by atoms with Crippen LogP contribution >= 0.6 is 0 Å². The molecule has 0 aromatic carbocycles. The molecule has 1 heterocycles. The standard InChI is InChI=1S/C6H7NO2/c1-4-2-7-3-5(8)6(4)9/h2-3,8H,1H3,(H,7,9). The Morgan fingerprint density at radius 1 is 1.56 bits per heavy atom. The molecule has 3 heteroatoms. The van der Waals surface area contributed by atoms with Crippen LogP contribution < -0.4 is 5.43 Å². The monoisotopic (exact) mass is 125 g/mol. The molecule has 0 atom stereocenters. The molecule has 0 radical (unpaired) electrons. The molecule has 0 fully saturated rings. The van der Waals surface area contributed by atoms with E-state index in [1.807, 2.05) is 0 Å². The lowest BCUT2D eigenvalue weighted by molar-refractivity contribution is 0.467. The quantitative estimate of drug-likeness (QED) is 0.527. The smallest absolute Gasteiger partial charge is 0.225 e. The van der Waals surface area contributed by atoms with Gasteiger partial charge >= 0.3 is 0 Å². The lowest BCUT2D eigenvalue weighted by Crippen LogP contribution is -2.03. The number of nitrogens with one attached hydrogen (secondary N) is 1.